The molecule has 0 amide bonds. The summed E-state index contributed by atoms with van der Waals surface area (Å²) in [5.41, 5.74) is 2.24. The molecule has 0 radical (unpaired) electrons. The second-order valence-corrected chi connectivity index (χ2v) is 11.7. The lowest BCUT2D eigenvalue weighted by Crippen LogP contribution is -2.29. The normalized spacial score (nSPS) is 12.9. The average Bonchev–Trinajstić information content (AvgIpc) is 2.56. The van der Waals surface area contributed by atoms with Crippen LogP contribution in [0, 0.1) is 6.92 Å². The first-order valence-corrected chi connectivity index (χ1v) is 10.9. The Morgan fingerprint density at radius 3 is 2.07 bits per heavy atom. The van der Waals surface area contributed by atoms with Crippen molar-refractivity contribution >= 4 is 9.84 Å². The van der Waals surface area contributed by atoms with Crippen molar-refractivity contribution in [3.05, 3.63) is 53.1 Å². The summed E-state index contributed by atoms with van der Waals surface area (Å²) in [4.78, 5) is 0.235. The van der Waals surface area contributed by atoms with Crippen molar-refractivity contribution in [2.75, 3.05) is 7.11 Å². The van der Waals surface area contributed by atoms with Gasteiger partial charge in [0.1, 0.15) is 10.6 Å². The molecule has 0 aliphatic rings. The molecule has 0 aromatic heterocycles. The van der Waals surface area contributed by atoms with Crippen molar-refractivity contribution < 1.29 is 17.9 Å². The van der Waals surface area contributed by atoms with Crippen LogP contribution in [-0.4, -0.2) is 20.3 Å². The van der Waals surface area contributed by atoms with Gasteiger partial charge < -0.3 is 9.47 Å². The van der Waals surface area contributed by atoms with Gasteiger partial charge in [0.2, 0.25) is 0 Å². The fraction of sp³-hybridized carbons (Fsp3) is 0.478. The topological polar surface area (TPSA) is 52.6 Å². The van der Waals surface area contributed by atoms with E-state index in [1.165, 1.54) is 0 Å². The summed E-state index contributed by atoms with van der Waals surface area (Å²) in [6.07, 6.45) is 0. The van der Waals surface area contributed by atoms with Gasteiger partial charge in [-0.1, -0.05) is 51.1 Å². The maximum Gasteiger partial charge on any atom is 0.187 e. The third-order valence-electron chi connectivity index (χ3n) is 4.67. The van der Waals surface area contributed by atoms with Gasteiger partial charge in [-0.3, -0.25) is 0 Å². The zero-order chi connectivity index (χ0) is 21.3. The largest absolute Gasteiger partial charge is 0.455 e. The molecular weight excluding hydrogens is 372 g/mol. The average molecular weight is 405 g/mol. The van der Waals surface area contributed by atoms with E-state index in [9.17, 15) is 8.42 Å². The number of para-hydroxylation sites is 1. The van der Waals surface area contributed by atoms with E-state index in [0.717, 1.165) is 5.56 Å². The Kier molecular flexibility index (Phi) is 6.31. The van der Waals surface area contributed by atoms with E-state index < -0.39 is 14.6 Å². The van der Waals surface area contributed by atoms with E-state index >= 15 is 0 Å². The number of hydrogen-bond donors (Lipinski definition) is 0. The molecular formula is C23H32O4S. The third-order valence-corrected chi connectivity index (χ3v) is 7.33. The van der Waals surface area contributed by atoms with Gasteiger partial charge in [0, 0.05) is 18.2 Å². The zero-order valence-corrected chi connectivity index (χ0v) is 19.0. The molecule has 5 heteroatoms. The Hall–Kier alpha value is -1.85. The predicted octanol–water partition coefficient (Wildman–Crippen LogP) is 5.80. The molecule has 0 saturated heterocycles. The SMILES string of the molecule is COCc1ccc(C)c(S(=O)(=O)C(C)(C)C)c1Oc1ccccc1C(C)(C)C. The maximum absolute atomic E-state index is 13.4. The van der Waals surface area contributed by atoms with Crippen LogP contribution in [0.25, 0.3) is 0 Å². The van der Waals surface area contributed by atoms with Crippen LogP contribution >= 0.6 is 0 Å². The van der Waals surface area contributed by atoms with Gasteiger partial charge in [0.15, 0.2) is 15.6 Å². The van der Waals surface area contributed by atoms with Crippen molar-refractivity contribution in [3.63, 3.8) is 0 Å². The molecule has 0 saturated carbocycles. The van der Waals surface area contributed by atoms with Crippen molar-refractivity contribution in [1.29, 1.82) is 0 Å². The molecule has 2 rings (SSSR count). The number of aryl methyl sites for hydroxylation is 1. The minimum Gasteiger partial charge on any atom is -0.455 e. The summed E-state index contributed by atoms with van der Waals surface area (Å²) in [6, 6.07) is 11.4. The summed E-state index contributed by atoms with van der Waals surface area (Å²) in [6.45, 7) is 13.5. The molecule has 0 aliphatic carbocycles. The lowest BCUT2D eigenvalue weighted by atomic mass is 9.86. The smallest absolute Gasteiger partial charge is 0.187 e. The molecule has 154 valence electrons. The van der Waals surface area contributed by atoms with Gasteiger partial charge in [-0.2, -0.15) is 0 Å². The van der Waals surface area contributed by atoms with Crippen molar-refractivity contribution in [3.8, 4) is 11.5 Å². The highest BCUT2D eigenvalue weighted by Gasteiger charge is 2.36. The van der Waals surface area contributed by atoms with Gasteiger partial charge in [0.25, 0.3) is 0 Å². The Labute approximate surface area is 169 Å². The molecule has 0 aliphatic heterocycles. The molecule has 0 atom stereocenters. The minimum absolute atomic E-state index is 0.148. The van der Waals surface area contributed by atoms with E-state index in [1.54, 1.807) is 34.8 Å². The van der Waals surface area contributed by atoms with E-state index in [0.29, 0.717) is 22.6 Å². The summed E-state index contributed by atoms with van der Waals surface area (Å²) in [5.74, 6) is 1.01. The van der Waals surface area contributed by atoms with Gasteiger partial charge in [-0.15, -0.1) is 0 Å². The summed E-state index contributed by atoms with van der Waals surface area (Å²) in [7, 11) is -2.04. The number of benzene rings is 2. The third kappa shape index (κ3) is 4.41. The second-order valence-electron chi connectivity index (χ2n) is 9.10. The second kappa shape index (κ2) is 7.88. The minimum atomic E-state index is -3.63. The first kappa shape index (κ1) is 22.4. The summed E-state index contributed by atoms with van der Waals surface area (Å²) < 4.78 is 37.5. The fourth-order valence-corrected chi connectivity index (χ4v) is 4.53. The van der Waals surface area contributed by atoms with Crippen LogP contribution < -0.4 is 4.74 Å². The molecule has 0 bridgehead atoms. The monoisotopic (exact) mass is 404 g/mol. The van der Waals surface area contributed by atoms with Gasteiger partial charge in [-0.25, -0.2) is 8.42 Å². The Morgan fingerprint density at radius 1 is 0.929 bits per heavy atom. The predicted molar refractivity (Wildman–Crippen MR) is 114 cm³/mol. The quantitative estimate of drug-likeness (QED) is 0.632. The maximum atomic E-state index is 13.4. The fourth-order valence-electron chi connectivity index (χ4n) is 3.01. The van der Waals surface area contributed by atoms with E-state index in [4.69, 9.17) is 9.47 Å². The van der Waals surface area contributed by atoms with Gasteiger partial charge in [0.05, 0.1) is 11.4 Å². The van der Waals surface area contributed by atoms with Crippen LogP contribution in [0.4, 0.5) is 0 Å². The van der Waals surface area contributed by atoms with Crippen molar-refractivity contribution in [2.24, 2.45) is 0 Å². The lowest BCUT2D eigenvalue weighted by molar-refractivity contribution is 0.182. The molecule has 2 aromatic rings. The summed E-state index contributed by atoms with van der Waals surface area (Å²) in [5, 5.41) is 0. The highest BCUT2D eigenvalue weighted by Crippen LogP contribution is 2.42. The molecule has 0 unspecified atom stereocenters. The van der Waals surface area contributed by atoms with Crippen LogP contribution in [-0.2, 0) is 26.6 Å². The molecule has 0 fully saturated rings. The Morgan fingerprint density at radius 2 is 1.54 bits per heavy atom. The molecule has 2 aromatic carbocycles. The standard InChI is InChI=1S/C23H32O4S/c1-16-13-14-17(15-26-8)20(21(16)28(24,25)23(5,6)7)27-19-12-10-9-11-18(19)22(2,3)4/h9-14H,15H2,1-8H3. The Bertz CT molecular complexity index is 946. The number of sulfone groups is 1. The van der Waals surface area contributed by atoms with E-state index in [-0.39, 0.29) is 16.9 Å². The van der Waals surface area contributed by atoms with Gasteiger partial charge >= 0.3 is 0 Å². The number of hydrogen-bond acceptors (Lipinski definition) is 4. The molecule has 0 N–H and O–H groups in total. The van der Waals surface area contributed by atoms with Crippen LogP contribution in [0.5, 0.6) is 11.5 Å². The van der Waals surface area contributed by atoms with E-state index in [1.807, 2.05) is 36.4 Å². The number of rotatable bonds is 5. The summed E-state index contributed by atoms with van der Waals surface area (Å²) >= 11 is 0. The van der Waals surface area contributed by atoms with E-state index in [2.05, 4.69) is 20.8 Å². The highest BCUT2D eigenvalue weighted by atomic mass is 32.2. The number of methoxy groups -OCH3 is 1. The van der Waals surface area contributed by atoms with Crippen LogP contribution in [0.3, 0.4) is 0 Å². The molecule has 28 heavy (non-hydrogen) atoms. The number of ether oxygens (including phenoxy) is 2. The zero-order valence-electron chi connectivity index (χ0n) is 18.2. The molecule has 0 heterocycles. The first-order chi connectivity index (χ1) is 12.8. The van der Waals surface area contributed by atoms with Gasteiger partial charge in [-0.05, 0) is 44.7 Å². The molecule has 4 nitrogen and oxygen atoms in total. The van der Waals surface area contributed by atoms with Crippen LogP contribution in [0.2, 0.25) is 0 Å². The van der Waals surface area contributed by atoms with Crippen molar-refractivity contribution in [1.82, 2.24) is 0 Å². The molecule has 0 spiro atoms. The van der Waals surface area contributed by atoms with Crippen LogP contribution in [0.15, 0.2) is 41.3 Å². The first-order valence-electron chi connectivity index (χ1n) is 9.44. The van der Waals surface area contributed by atoms with Crippen molar-refractivity contribution in [2.45, 2.75) is 70.1 Å². The van der Waals surface area contributed by atoms with Crippen LogP contribution in [0.1, 0.15) is 58.2 Å². The Balaban J connectivity index is 2.79. The lowest BCUT2D eigenvalue weighted by Gasteiger charge is -2.27. The highest BCUT2D eigenvalue weighted by molar-refractivity contribution is 7.93.